The third-order valence-electron chi connectivity index (χ3n) is 5.28. The lowest BCUT2D eigenvalue weighted by Gasteiger charge is -2.12. The predicted octanol–water partition coefficient (Wildman–Crippen LogP) is 7.24. The quantitative estimate of drug-likeness (QED) is 0.256. The van der Waals surface area contributed by atoms with Crippen molar-refractivity contribution >= 4 is 39.8 Å². The van der Waals surface area contributed by atoms with Gasteiger partial charge in [0.1, 0.15) is 16.3 Å². The fourth-order valence-electron chi connectivity index (χ4n) is 3.75. The summed E-state index contributed by atoms with van der Waals surface area (Å²) in [6.07, 6.45) is 0. The van der Waals surface area contributed by atoms with E-state index in [2.05, 4.69) is 5.32 Å². The Balaban J connectivity index is 1.57. The number of aryl methyl sites for hydroxylation is 1. The van der Waals surface area contributed by atoms with Gasteiger partial charge in [-0.05, 0) is 43.2 Å². The molecule has 0 unspecified atom stereocenters. The van der Waals surface area contributed by atoms with Crippen LogP contribution in [0.3, 0.4) is 0 Å². The van der Waals surface area contributed by atoms with Crippen molar-refractivity contribution in [2.45, 2.75) is 13.8 Å². The molecule has 0 aliphatic carbocycles. The lowest BCUT2D eigenvalue weighted by Crippen LogP contribution is -2.21. The van der Waals surface area contributed by atoms with Crippen molar-refractivity contribution in [1.29, 1.82) is 0 Å². The Labute approximate surface area is 213 Å². The van der Waals surface area contributed by atoms with Crippen LogP contribution < -0.4 is 10.1 Å². The van der Waals surface area contributed by atoms with Gasteiger partial charge >= 0.3 is 5.97 Å². The Hall–Kier alpha value is -3.61. The van der Waals surface area contributed by atoms with Gasteiger partial charge in [-0.3, -0.25) is 4.79 Å². The molecule has 0 spiro atoms. The van der Waals surface area contributed by atoms with E-state index < -0.39 is 5.97 Å². The maximum Gasteiger partial charge on any atom is 0.341 e. The average molecular weight is 506 g/mol. The molecule has 0 saturated carbocycles. The maximum atomic E-state index is 12.9. The van der Waals surface area contributed by atoms with E-state index in [1.807, 2.05) is 73.7 Å². The highest BCUT2D eigenvalue weighted by Crippen LogP contribution is 2.40. The van der Waals surface area contributed by atoms with Gasteiger partial charge in [0, 0.05) is 21.0 Å². The molecule has 1 aromatic heterocycles. The number of carbonyl (C=O) groups is 2. The Kier molecular flexibility index (Phi) is 7.85. The number of halogens is 1. The number of anilines is 1. The first-order valence-corrected chi connectivity index (χ1v) is 12.3. The second-order valence-corrected chi connectivity index (χ2v) is 9.32. The minimum atomic E-state index is -0.493. The number of para-hydroxylation sites is 1. The third kappa shape index (κ3) is 5.73. The van der Waals surface area contributed by atoms with Crippen molar-refractivity contribution < 1.29 is 19.1 Å². The topological polar surface area (TPSA) is 64.6 Å². The molecule has 35 heavy (non-hydrogen) atoms. The van der Waals surface area contributed by atoms with Crippen molar-refractivity contribution in [2.75, 3.05) is 18.5 Å². The summed E-state index contributed by atoms with van der Waals surface area (Å²) in [5.41, 5.74) is 3.75. The Bertz CT molecular complexity index is 1330. The molecular formula is C28H24ClNO4S. The molecule has 7 heteroatoms. The van der Waals surface area contributed by atoms with Crippen LogP contribution in [0.1, 0.15) is 22.2 Å². The van der Waals surface area contributed by atoms with Crippen LogP contribution >= 0.6 is 22.9 Å². The lowest BCUT2D eigenvalue weighted by atomic mass is 10.0. The molecule has 3 aromatic carbocycles. The second-order valence-electron chi connectivity index (χ2n) is 7.66. The standard InChI is InChI=1S/C28H24ClNO4S/c1-3-33-28(32)26-25(20-13-15-21(29)16-14-20)18(2)35-27(26)30-24(31)17-34-23-12-8-7-11-22(23)19-9-5-4-6-10-19/h4-16H,3,17H2,1-2H3,(H,30,31). The van der Waals surface area contributed by atoms with Crippen LogP contribution in [0.2, 0.25) is 5.02 Å². The lowest BCUT2D eigenvalue weighted by molar-refractivity contribution is -0.118. The van der Waals surface area contributed by atoms with Crippen molar-refractivity contribution in [3.8, 4) is 28.0 Å². The first kappa shape index (κ1) is 24.5. The normalized spacial score (nSPS) is 10.6. The molecule has 0 fully saturated rings. The average Bonchev–Trinajstić information content (AvgIpc) is 3.19. The molecule has 0 aliphatic heterocycles. The highest BCUT2D eigenvalue weighted by molar-refractivity contribution is 7.17. The van der Waals surface area contributed by atoms with Crippen molar-refractivity contribution in [1.82, 2.24) is 0 Å². The molecule has 4 aromatic rings. The van der Waals surface area contributed by atoms with Crippen LogP contribution in [-0.4, -0.2) is 25.1 Å². The molecule has 0 radical (unpaired) electrons. The number of hydrogen-bond donors (Lipinski definition) is 1. The largest absolute Gasteiger partial charge is 0.483 e. The van der Waals surface area contributed by atoms with Gasteiger partial charge in [0.15, 0.2) is 6.61 Å². The number of esters is 1. The first-order valence-electron chi connectivity index (χ1n) is 11.1. The van der Waals surface area contributed by atoms with E-state index in [0.717, 1.165) is 27.1 Å². The molecule has 1 heterocycles. The summed E-state index contributed by atoms with van der Waals surface area (Å²) in [4.78, 5) is 26.6. The van der Waals surface area contributed by atoms with E-state index in [9.17, 15) is 9.59 Å². The van der Waals surface area contributed by atoms with Gasteiger partial charge in [0.2, 0.25) is 0 Å². The molecule has 4 rings (SSSR count). The molecule has 178 valence electrons. The molecule has 0 saturated heterocycles. The fourth-order valence-corrected chi connectivity index (χ4v) is 4.96. The van der Waals surface area contributed by atoms with E-state index in [1.54, 1.807) is 19.1 Å². The number of hydrogen-bond acceptors (Lipinski definition) is 5. The number of carbonyl (C=O) groups excluding carboxylic acids is 2. The number of thiophene rings is 1. The zero-order valence-electron chi connectivity index (χ0n) is 19.3. The molecule has 5 nitrogen and oxygen atoms in total. The zero-order valence-corrected chi connectivity index (χ0v) is 20.9. The minimum absolute atomic E-state index is 0.209. The van der Waals surface area contributed by atoms with E-state index in [4.69, 9.17) is 21.1 Å². The Morgan fingerprint density at radius 1 is 0.914 bits per heavy atom. The van der Waals surface area contributed by atoms with Gasteiger partial charge in [-0.1, -0.05) is 72.3 Å². The van der Waals surface area contributed by atoms with Crippen LogP contribution in [-0.2, 0) is 9.53 Å². The van der Waals surface area contributed by atoms with Crippen molar-refractivity contribution in [3.05, 3.63) is 94.3 Å². The molecule has 0 aliphatic rings. The van der Waals surface area contributed by atoms with Crippen LogP contribution in [0.25, 0.3) is 22.3 Å². The third-order valence-corrected chi connectivity index (χ3v) is 6.55. The summed E-state index contributed by atoms with van der Waals surface area (Å²) in [5, 5.41) is 3.87. The van der Waals surface area contributed by atoms with E-state index >= 15 is 0 Å². The molecule has 0 atom stereocenters. The van der Waals surface area contributed by atoms with Gasteiger partial charge in [0.25, 0.3) is 5.91 Å². The Morgan fingerprint density at radius 3 is 2.31 bits per heavy atom. The maximum absolute atomic E-state index is 12.9. The Morgan fingerprint density at radius 2 is 1.60 bits per heavy atom. The summed E-state index contributed by atoms with van der Waals surface area (Å²) < 4.78 is 11.2. The summed E-state index contributed by atoms with van der Waals surface area (Å²) in [6, 6.07) is 24.6. The number of rotatable bonds is 8. The summed E-state index contributed by atoms with van der Waals surface area (Å²) in [7, 11) is 0. The molecule has 0 bridgehead atoms. The minimum Gasteiger partial charge on any atom is -0.483 e. The number of ether oxygens (including phenoxy) is 2. The van der Waals surface area contributed by atoms with Crippen LogP contribution in [0.5, 0.6) is 5.75 Å². The van der Waals surface area contributed by atoms with Gasteiger partial charge in [-0.2, -0.15) is 0 Å². The van der Waals surface area contributed by atoms with E-state index in [0.29, 0.717) is 21.3 Å². The zero-order chi connectivity index (χ0) is 24.8. The van der Waals surface area contributed by atoms with Crippen LogP contribution in [0.15, 0.2) is 78.9 Å². The molecule has 1 N–H and O–H groups in total. The summed E-state index contributed by atoms with van der Waals surface area (Å²) in [5.74, 6) is -0.265. The summed E-state index contributed by atoms with van der Waals surface area (Å²) >= 11 is 7.36. The van der Waals surface area contributed by atoms with Crippen molar-refractivity contribution in [3.63, 3.8) is 0 Å². The number of amides is 1. The fraction of sp³-hybridized carbons (Fsp3) is 0.143. The monoisotopic (exact) mass is 505 g/mol. The summed E-state index contributed by atoms with van der Waals surface area (Å²) in [6.45, 7) is 3.66. The molecule has 1 amide bonds. The van der Waals surface area contributed by atoms with Gasteiger partial charge in [-0.25, -0.2) is 4.79 Å². The van der Waals surface area contributed by atoms with Gasteiger partial charge in [0.05, 0.1) is 6.61 Å². The first-order chi connectivity index (χ1) is 17.0. The van der Waals surface area contributed by atoms with E-state index in [-0.39, 0.29) is 19.1 Å². The smallest absolute Gasteiger partial charge is 0.341 e. The molecular weight excluding hydrogens is 482 g/mol. The second kappa shape index (κ2) is 11.2. The number of benzene rings is 3. The SMILES string of the molecule is CCOC(=O)c1c(NC(=O)COc2ccccc2-c2ccccc2)sc(C)c1-c1ccc(Cl)cc1. The predicted molar refractivity (Wildman–Crippen MR) is 141 cm³/mol. The van der Waals surface area contributed by atoms with E-state index in [1.165, 1.54) is 11.3 Å². The van der Waals surface area contributed by atoms with Gasteiger partial charge < -0.3 is 14.8 Å². The van der Waals surface area contributed by atoms with Crippen LogP contribution in [0.4, 0.5) is 5.00 Å². The highest BCUT2D eigenvalue weighted by atomic mass is 35.5. The van der Waals surface area contributed by atoms with Gasteiger partial charge in [-0.15, -0.1) is 11.3 Å². The van der Waals surface area contributed by atoms with Crippen molar-refractivity contribution in [2.24, 2.45) is 0 Å². The van der Waals surface area contributed by atoms with Crippen LogP contribution in [0, 0.1) is 6.92 Å². The number of nitrogens with one attached hydrogen (secondary N) is 1. The highest BCUT2D eigenvalue weighted by Gasteiger charge is 2.25.